The number of carbonyl (C=O) groups is 2. The number of benzene rings is 1. The monoisotopic (exact) mass is 446 g/mol. The van der Waals surface area contributed by atoms with Crippen LogP contribution in [0.25, 0.3) is 0 Å². The van der Waals surface area contributed by atoms with Gasteiger partial charge in [-0.25, -0.2) is 0 Å². The Balaban J connectivity index is 1.59. The third kappa shape index (κ3) is 2.67. The summed E-state index contributed by atoms with van der Waals surface area (Å²) in [4.78, 5) is 25.3. The maximum Gasteiger partial charge on any atom is 0.320 e. The number of hydrogen-bond acceptors (Lipinski definition) is 7. The van der Waals surface area contributed by atoms with Gasteiger partial charge in [-0.3, -0.25) is 14.9 Å². The molecule has 2 aliphatic heterocycles. The zero-order valence-electron chi connectivity index (χ0n) is 18.3. The second-order valence-corrected chi connectivity index (χ2v) is 9.64. The summed E-state index contributed by atoms with van der Waals surface area (Å²) in [6, 6.07) is 2.49. The maximum atomic E-state index is 11.9. The van der Waals surface area contributed by atoms with E-state index in [-0.39, 0.29) is 30.7 Å². The van der Waals surface area contributed by atoms with Gasteiger partial charge in [0.15, 0.2) is 11.5 Å². The molecule has 2 fully saturated rings. The first-order valence-corrected chi connectivity index (χ1v) is 11.2. The SMILES string of the molecule is CO[C@@]12CC[C@H](N[C@@H](CCC(=O)O)C(=O)O)[C@@H]3Oc4c(O)ccc5c4[C@@]31CCN(C)[C@@H]2C5. The van der Waals surface area contributed by atoms with Gasteiger partial charge in [-0.2, -0.15) is 0 Å². The van der Waals surface area contributed by atoms with E-state index in [4.69, 9.17) is 14.6 Å². The Morgan fingerprint density at radius 1 is 1.34 bits per heavy atom. The number of phenolic OH excluding ortho intramolecular Hbond substituents is 1. The molecular formula is C23H30N2O7. The van der Waals surface area contributed by atoms with Crippen molar-refractivity contribution < 1.29 is 34.4 Å². The number of carboxylic acid groups (broad SMARTS) is 2. The number of piperidine rings is 1. The van der Waals surface area contributed by atoms with Gasteiger partial charge in [-0.15, -0.1) is 0 Å². The third-order valence-corrected chi connectivity index (χ3v) is 8.41. The number of carboxylic acids is 2. The van der Waals surface area contributed by atoms with Crippen LogP contribution < -0.4 is 10.1 Å². The minimum absolute atomic E-state index is 0.00881. The summed E-state index contributed by atoms with van der Waals surface area (Å²) >= 11 is 0. The van der Waals surface area contributed by atoms with E-state index in [1.165, 1.54) is 0 Å². The van der Waals surface area contributed by atoms with E-state index in [0.717, 1.165) is 36.9 Å². The Bertz CT molecular complexity index is 968. The zero-order valence-corrected chi connectivity index (χ0v) is 18.3. The van der Waals surface area contributed by atoms with E-state index in [2.05, 4.69) is 17.3 Å². The van der Waals surface area contributed by atoms with Crippen LogP contribution >= 0.6 is 0 Å². The summed E-state index contributed by atoms with van der Waals surface area (Å²) < 4.78 is 12.8. The number of methoxy groups -OCH3 is 1. The molecule has 9 heteroatoms. The number of likely N-dealkylation sites (N-methyl/N-ethyl adjacent to an activating group) is 1. The summed E-state index contributed by atoms with van der Waals surface area (Å²) in [6.45, 7) is 0.846. The van der Waals surface area contributed by atoms with Gasteiger partial charge >= 0.3 is 11.9 Å². The number of aliphatic carboxylic acids is 2. The van der Waals surface area contributed by atoms with Crippen LogP contribution in [0.15, 0.2) is 12.1 Å². The highest BCUT2D eigenvalue weighted by Crippen LogP contribution is 2.66. The van der Waals surface area contributed by atoms with Gasteiger partial charge in [0.2, 0.25) is 0 Å². The van der Waals surface area contributed by atoms with Crippen LogP contribution in [0, 0.1) is 0 Å². The van der Waals surface area contributed by atoms with Crippen LogP contribution in [0.2, 0.25) is 0 Å². The standard InChI is InChI=1S/C23H30N2O7/c1-25-10-9-22-18-12-3-5-15(26)19(18)32-20(22)13(7-8-23(22,31-2)16(25)11-12)24-14(21(29)30)4-6-17(27)28/h3,5,13-14,16,20,24,26H,4,6-11H2,1-2H3,(H,27,28)(H,29,30)/t13-,14-,16+,20-,22-,23+/m0/s1. The van der Waals surface area contributed by atoms with Crippen molar-refractivity contribution in [3.63, 3.8) is 0 Å². The molecule has 2 bridgehead atoms. The first-order chi connectivity index (χ1) is 15.2. The van der Waals surface area contributed by atoms with Crippen molar-refractivity contribution in [1.82, 2.24) is 10.2 Å². The fourth-order valence-electron chi connectivity index (χ4n) is 7.11. The lowest BCUT2D eigenvalue weighted by Crippen LogP contribution is -2.78. The molecule has 0 radical (unpaired) electrons. The highest BCUT2D eigenvalue weighted by Gasteiger charge is 2.73. The number of aromatic hydroxyl groups is 1. The van der Waals surface area contributed by atoms with Gasteiger partial charge in [0, 0.05) is 31.2 Å². The number of likely N-dealkylation sites (tertiary alicyclic amines) is 1. The highest BCUT2D eigenvalue weighted by molar-refractivity contribution is 5.75. The Morgan fingerprint density at radius 3 is 2.81 bits per heavy atom. The summed E-state index contributed by atoms with van der Waals surface area (Å²) in [7, 11) is 3.86. The van der Waals surface area contributed by atoms with Crippen LogP contribution in [-0.2, 0) is 26.2 Å². The molecule has 0 amide bonds. The largest absolute Gasteiger partial charge is 0.504 e. The molecule has 32 heavy (non-hydrogen) atoms. The predicted molar refractivity (Wildman–Crippen MR) is 113 cm³/mol. The maximum absolute atomic E-state index is 11.9. The molecule has 0 aromatic heterocycles. The highest BCUT2D eigenvalue weighted by atomic mass is 16.5. The molecule has 9 nitrogen and oxygen atoms in total. The van der Waals surface area contributed by atoms with Crippen molar-refractivity contribution in [3.05, 3.63) is 23.3 Å². The average molecular weight is 447 g/mol. The van der Waals surface area contributed by atoms with Crippen LogP contribution in [-0.4, -0.2) is 82.7 Å². The van der Waals surface area contributed by atoms with Gasteiger partial charge in [0.05, 0.1) is 11.0 Å². The first-order valence-electron chi connectivity index (χ1n) is 11.2. The van der Waals surface area contributed by atoms with E-state index >= 15 is 0 Å². The Kier molecular flexibility index (Phi) is 4.92. The summed E-state index contributed by atoms with van der Waals surface area (Å²) in [5.41, 5.74) is 1.14. The first kappa shape index (κ1) is 21.5. The molecule has 2 aliphatic carbocycles. The quantitative estimate of drug-likeness (QED) is 0.487. The number of hydrogen-bond donors (Lipinski definition) is 4. The lowest BCUT2D eigenvalue weighted by atomic mass is 9.48. The van der Waals surface area contributed by atoms with Gasteiger partial charge < -0.3 is 29.7 Å². The number of ether oxygens (including phenoxy) is 2. The molecule has 1 saturated heterocycles. The van der Waals surface area contributed by atoms with E-state index in [0.29, 0.717) is 12.2 Å². The van der Waals surface area contributed by atoms with Crippen molar-refractivity contribution in [3.8, 4) is 11.5 Å². The summed E-state index contributed by atoms with van der Waals surface area (Å²) in [5, 5.41) is 32.6. The second-order valence-electron chi connectivity index (χ2n) is 9.64. The van der Waals surface area contributed by atoms with Gasteiger partial charge in [-0.05, 0) is 57.3 Å². The molecule has 174 valence electrons. The third-order valence-electron chi connectivity index (χ3n) is 8.41. The smallest absolute Gasteiger partial charge is 0.320 e. The molecule has 4 aliphatic rings. The molecule has 1 aromatic carbocycles. The summed E-state index contributed by atoms with van der Waals surface area (Å²) in [6.07, 6.45) is 2.27. The number of phenols is 1. The number of rotatable bonds is 7. The second kappa shape index (κ2) is 7.33. The van der Waals surface area contributed by atoms with Crippen LogP contribution in [0.5, 0.6) is 11.5 Å². The summed E-state index contributed by atoms with van der Waals surface area (Å²) in [5.74, 6) is -1.52. The fraction of sp³-hybridized carbons (Fsp3) is 0.652. The van der Waals surface area contributed by atoms with Crippen molar-refractivity contribution in [1.29, 1.82) is 0 Å². The van der Waals surface area contributed by atoms with Crippen LogP contribution in [0.1, 0.15) is 43.2 Å². The minimum atomic E-state index is -1.07. The molecule has 1 spiro atoms. The zero-order chi connectivity index (χ0) is 22.8. The molecule has 2 heterocycles. The van der Waals surface area contributed by atoms with E-state index in [9.17, 15) is 19.8 Å². The number of nitrogens with zero attached hydrogens (tertiary/aromatic N) is 1. The van der Waals surface area contributed by atoms with Gasteiger partial charge in [0.25, 0.3) is 0 Å². The topological polar surface area (TPSA) is 129 Å². The van der Waals surface area contributed by atoms with Crippen molar-refractivity contribution >= 4 is 11.9 Å². The van der Waals surface area contributed by atoms with E-state index in [1.54, 1.807) is 13.2 Å². The minimum Gasteiger partial charge on any atom is -0.504 e. The van der Waals surface area contributed by atoms with Crippen molar-refractivity contribution in [2.75, 3.05) is 20.7 Å². The van der Waals surface area contributed by atoms with Crippen molar-refractivity contribution in [2.24, 2.45) is 0 Å². The van der Waals surface area contributed by atoms with Gasteiger partial charge in [0.1, 0.15) is 12.1 Å². The fourth-order valence-corrected chi connectivity index (χ4v) is 7.11. The Morgan fingerprint density at radius 2 is 2.12 bits per heavy atom. The van der Waals surface area contributed by atoms with E-state index in [1.807, 2.05) is 6.07 Å². The lowest BCUT2D eigenvalue weighted by molar-refractivity contribution is -0.204. The molecule has 1 saturated carbocycles. The Labute approximate surface area is 186 Å². The van der Waals surface area contributed by atoms with Crippen molar-refractivity contribution in [2.45, 2.75) is 73.8 Å². The number of nitrogens with one attached hydrogen (secondary N) is 1. The molecule has 0 unspecified atom stereocenters. The molecule has 5 rings (SSSR count). The lowest BCUT2D eigenvalue weighted by Gasteiger charge is -2.65. The van der Waals surface area contributed by atoms with Crippen LogP contribution in [0.3, 0.4) is 0 Å². The normalized spacial score (nSPS) is 35.6. The Hall–Kier alpha value is -2.36. The average Bonchev–Trinajstić information content (AvgIpc) is 3.11. The van der Waals surface area contributed by atoms with E-state index < -0.39 is 35.1 Å². The van der Waals surface area contributed by atoms with Gasteiger partial charge in [-0.1, -0.05) is 6.07 Å². The van der Waals surface area contributed by atoms with Crippen LogP contribution in [0.4, 0.5) is 0 Å². The molecular weight excluding hydrogens is 416 g/mol. The molecule has 6 atom stereocenters. The predicted octanol–water partition coefficient (Wildman–Crippen LogP) is 1.11. The molecule has 1 aromatic rings. The molecule has 4 N–H and O–H groups in total.